The number of amides is 1. The average Bonchev–Trinajstić information content (AvgIpc) is 3.48. The molecule has 12 nitrogen and oxygen atoms in total. The van der Waals surface area contributed by atoms with E-state index < -0.39 is 12.1 Å². The van der Waals surface area contributed by atoms with Crippen LogP contribution in [0.2, 0.25) is 0 Å². The van der Waals surface area contributed by atoms with E-state index in [-0.39, 0.29) is 30.3 Å². The van der Waals surface area contributed by atoms with E-state index in [1.165, 1.54) is 6.08 Å². The fourth-order valence-electron chi connectivity index (χ4n) is 5.36. The molecule has 45 heavy (non-hydrogen) atoms. The molecule has 12 heteroatoms. The summed E-state index contributed by atoms with van der Waals surface area (Å²) in [6, 6.07) is 14.9. The van der Waals surface area contributed by atoms with Gasteiger partial charge in [0.1, 0.15) is 30.5 Å². The number of nitrogens with two attached hydrogens (primary N) is 1. The van der Waals surface area contributed by atoms with Crippen LogP contribution in [-0.2, 0) is 29.1 Å². The molecule has 0 atom stereocenters. The van der Waals surface area contributed by atoms with Crippen LogP contribution in [0.3, 0.4) is 0 Å². The molecular weight excluding hydrogens is 574 g/mol. The van der Waals surface area contributed by atoms with Gasteiger partial charge in [-0.15, -0.1) is 0 Å². The van der Waals surface area contributed by atoms with E-state index in [1.807, 2.05) is 43.3 Å². The number of carboxylic acid groups (broad SMARTS) is 1. The van der Waals surface area contributed by atoms with Crippen molar-refractivity contribution in [3.63, 3.8) is 0 Å². The smallest absolute Gasteiger partial charge is 0.407 e. The maximum absolute atomic E-state index is 12.5. The number of benzene rings is 2. The number of carbonyl (C=O) groups is 2. The first-order valence-electron chi connectivity index (χ1n) is 14.3. The Labute approximate surface area is 260 Å². The maximum Gasteiger partial charge on any atom is 0.407 e. The number of aromatic nitrogens is 2. The normalized spacial score (nSPS) is 14.6. The number of nitrogens with zero attached hydrogens (tertiary/aromatic N) is 5. The lowest BCUT2D eigenvalue weighted by Crippen LogP contribution is -2.47. The largest absolute Gasteiger partial charge is 0.477 e. The number of carboxylic acids is 1. The number of nitrogens with one attached hydrogen (secondary N) is 1. The summed E-state index contributed by atoms with van der Waals surface area (Å²) >= 11 is 0. The SMILES string of the molecule is CC1=CC(C)(C)N(CCOC(=O)NCc2ccc(COc3nc(N)nc4c3N=CC4)cc2)c2ccc(/C=C(\C#N)C(=O)O)cc21. The molecule has 0 saturated heterocycles. The first kappa shape index (κ1) is 30.7. The van der Waals surface area contributed by atoms with Gasteiger partial charge in [-0.25, -0.2) is 14.6 Å². The van der Waals surface area contributed by atoms with Gasteiger partial charge in [0.15, 0.2) is 0 Å². The molecular formula is C33H33N7O5. The predicted molar refractivity (Wildman–Crippen MR) is 170 cm³/mol. The average molecular weight is 608 g/mol. The highest BCUT2D eigenvalue weighted by Crippen LogP contribution is 2.39. The van der Waals surface area contributed by atoms with Crippen molar-refractivity contribution < 1.29 is 24.2 Å². The lowest BCUT2D eigenvalue weighted by Gasteiger charge is -2.43. The van der Waals surface area contributed by atoms with Gasteiger partial charge in [-0.3, -0.25) is 4.99 Å². The van der Waals surface area contributed by atoms with Gasteiger partial charge in [0.2, 0.25) is 11.8 Å². The van der Waals surface area contributed by atoms with Crippen LogP contribution < -0.4 is 20.7 Å². The Morgan fingerprint density at radius 3 is 2.67 bits per heavy atom. The summed E-state index contributed by atoms with van der Waals surface area (Å²) in [4.78, 5) is 38.5. The van der Waals surface area contributed by atoms with Gasteiger partial charge in [0.05, 0.1) is 17.8 Å². The lowest BCUT2D eigenvalue weighted by molar-refractivity contribution is -0.132. The first-order chi connectivity index (χ1) is 21.5. The zero-order valence-corrected chi connectivity index (χ0v) is 25.2. The standard InChI is InChI=1S/C33H33N7O5/c1-20-16-33(2,3)40(27-9-8-23(15-25(20)27)14-24(17-34)30(41)42)12-13-44-32(43)37-18-21-4-6-22(7-5-21)19-45-29-28-26(10-11-36-28)38-31(35)39-29/h4-9,11,14-16H,10,12-13,18-19H2,1-3H3,(H,37,43)(H,41,42)(H2,35,38,39)/b24-14+. The lowest BCUT2D eigenvalue weighted by atomic mass is 9.88. The molecule has 5 rings (SSSR count). The number of hydrogen-bond donors (Lipinski definition) is 3. The number of aliphatic imine (C=N–C) groups is 1. The third-order valence-electron chi connectivity index (χ3n) is 7.49. The molecule has 3 aromatic rings. The van der Waals surface area contributed by atoms with Gasteiger partial charge in [0, 0.05) is 30.4 Å². The van der Waals surface area contributed by atoms with Gasteiger partial charge in [0.25, 0.3) is 0 Å². The van der Waals surface area contributed by atoms with Crippen molar-refractivity contribution in [2.45, 2.75) is 45.9 Å². The third kappa shape index (κ3) is 7.10. The van der Waals surface area contributed by atoms with Gasteiger partial charge in [-0.2, -0.15) is 10.2 Å². The number of carbonyl (C=O) groups excluding carboxylic acids is 1. The fraction of sp³-hybridized carbons (Fsp3) is 0.273. The Hall–Kier alpha value is -5.70. The van der Waals surface area contributed by atoms with E-state index in [9.17, 15) is 14.7 Å². The van der Waals surface area contributed by atoms with Crippen LogP contribution in [0.15, 0.2) is 59.1 Å². The van der Waals surface area contributed by atoms with Crippen molar-refractivity contribution in [2.75, 3.05) is 23.8 Å². The van der Waals surface area contributed by atoms with E-state index in [2.05, 4.69) is 45.1 Å². The van der Waals surface area contributed by atoms with Gasteiger partial charge < -0.3 is 30.5 Å². The number of anilines is 2. The first-order valence-corrected chi connectivity index (χ1v) is 14.3. The van der Waals surface area contributed by atoms with Crippen molar-refractivity contribution in [2.24, 2.45) is 4.99 Å². The highest BCUT2D eigenvalue weighted by Gasteiger charge is 2.31. The number of rotatable bonds is 10. The number of aliphatic carboxylic acids is 1. The Bertz CT molecular complexity index is 1770. The molecule has 1 aromatic heterocycles. The number of alkyl carbamates (subject to hydrolysis) is 1. The number of nitrogen functional groups attached to an aromatic ring is 1. The number of allylic oxidation sites excluding steroid dienone is 1. The second-order valence-corrected chi connectivity index (χ2v) is 11.2. The van der Waals surface area contributed by atoms with E-state index in [0.29, 0.717) is 36.6 Å². The topological polar surface area (TPSA) is 176 Å². The van der Waals surface area contributed by atoms with Gasteiger partial charge in [-0.1, -0.05) is 36.4 Å². The van der Waals surface area contributed by atoms with Crippen molar-refractivity contribution in [3.05, 3.63) is 82.1 Å². The molecule has 0 radical (unpaired) electrons. The van der Waals surface area contributed by atoms with E-state index >= 15 is 0 Å². The van der Waals surface area contributed by atoms with Crippen LogP contribution >= 0.6 is 0 Å². The molecule has 1 amide bonds. The van der Waals surface area contributed by atoms with Crippen LogP contribution in [0.5, 0.6) is 5.88 Å². The highest BCUT2D eigenvalue weighted by atomic mass is 16.5. The Morgan fingerprint density at radius 2 is 1.93 bits per heavy atom. The number of hydrogen-bond acceptors (Lipinski definition) is 10. The molecule has 4 N–H and O–H groups in total. The predicted octanol–water partition coefficient (Wildman–Crippen LogP) is 4.82. The van der Waals surface area contributed by atoms with Gasteiger partial charge in [-0.05, 0) is 61.2 Å². The summed E-state index contributed by atoms with van der Waals surface area (Å²) in [5.74, 6) is -0.767. The monoisotopic (exact) mass is 607 g/mol. The zero-order valence-electron chi connectivity index (χ0n) is 25.2. The minimum absolute atomic E-state index is 0.149. The summed E-state index contributed by atoms with van der Waals surface area (Å²) < 4.78 is 11.3. The van der Waals surface area contributed by atoms with E-state index in [0.717, 1.165) is 33.6 Å². The molecule has 2 aliphatic heterocycles. The molecule has 3 heterocycles. The third-order valence-corrected chi connectivity index (χ3v) is 7.49. The molecule has 0 saturated carbocycles. The van der Waals surface area contributed by atoms with Crippen molar-refractivity contribution >= 4 is 47.2 Å². The van der Waals surface area contributed by atoms with Crippen LogP contribution in [0.4, 0.5) is 22.1 Å². The zero-order chi connectivity index (χ0) is 32.1. The number of nitriles is 1. The summed E-state index contributed by atoms with van der Waals surface area (Å²) in [6.45, 7) is 7.30. The quantitative estimate of drug-likeness (QED) is 0.214. The van der Waals surface area contributed by atoms with Crippen molar-refractivity contribution in [1.82, 2.24) is 15.3 Å². The summed E-state index contributed by atoms with van der Waals surface area (Å²) in [7, 11) is 0. The highest BCUT2D eigenvalue weighted by molar-refractivity contribution is 5.97. The molecule has 0 aliphatic carbocycles. The summed E-state index contributed by atoms with van der Waals surface area (Å²) in [5.41, 5.74) is 11.8. The second kappa shape index (κ2) is 12.9. The maximum atomic E-state index is 12.5. The molecule has 230 valence electrons. The van der Waals surface area contributed by atoms with Crippen molar-refractivity contribution in [1.29, 1.82) is 5.26 Å². The molecule has 2 aliphatic rings. The summed E-state index contributed by atoms with van der Waals surface area (Å²) in [6.07, 6.45) is 5.29. The number of fused-ring (bicyclic) bond motifs is 2. The van der Waals surface area contributed by atoms with Gasteiger partial charge >= 0.3 is 12.1 Å². The Balaban J connectivity index is 1.13. The van der Waals surface area contributed by atoms with Crippen LogP contribution in [-0.4, -0.2) is 52.0 Å². The van der Waals surface area contributed by atoms with Crippen LogP contribution in [0.25, 0.3) is 11.6 Å². The number of ether oxygens (including phenoxy) is 2. The van der Waals surface area contributed by atoms with Crippen LogP contribution in [0, 0.1) is 11.3 Å². The van der Waals surface area contributed by atoms with Crippen LogP contribution in [0.1, 0.15) is 48.7 Å². The second-order valence-electron chi connectivity index (χ2n) is 11.2. The molecule has 0 unspecified atom stereocenters. The molecule has 0 spiro atoms. The Kier molecular flexibility index (Phi) is 8.81. The Morgan fingerprint density at radius 1 is 1.18 bits per heavy atom. The van der Waals surface area contributed by atoms with Crippen molar-refractivity contribution in [3.8, 4) is 11.9 Å². The minimum Gasteiger partial charge on any atom is -0.477 e. The molecule has 2 aromatic carbocycles. The summed E-state index contributed by atoms with van der Waals surface area (Å²) in [5, 5.41) is 21.1. The molecule has 0 fully saturated rings. The fourth-order valence-corrected chi connectivity index (χ4v) is 5.36. The van der Waals surface area contributed by atoms with E-state index in [1.54, 1.807) is 18.4 Å². The minimum atomic E-state index is -1.27. The van der Waals surface area contributed by atoms with E-state index in [4.69, 9.17) is 20.5 Å². The molecule has 0 bridgehead atoms.